The number of phosphoric ester groups is 17. The highest BCUT2D eigenvalue weighted by atomic mass is 31.2. The average Bonchev–Trinajstić information content (AvgIpc) is 0.935. The van der Waals surface area contributed by atoms with Crippen molar-refractivity contribution in [3.05, 3.63) is 0 Å². The maximum absolute atomic E-state index is 13.1. The molecule has 23 atom stereocenters. The van der Waals surface area contributed by atoms with E-state index in [-0.39, 0.29) is 0 Å². The SMILES string of the molecule is O=P([O-])(O)OCC(CNF)COP(=O)([O-])OCCOP(=O)([O-])OCCOP(=O)([O-])OCCOP(=O)([O-])OCCOP(=O)([O-])OCCOP(=O)([O-])OCCOP(=O)([O-])OCCOP(=O)([O-])OCC(CNF)COP(=O)([O-])OCCOP(=O)([O-])OCC(CNF)COP(=O)([O-])OCCOP(=O)([O-])OCC(CNF)COP(=O)([O-])OCCOP(=O)([O-])OCC(CNF)COP(=O)([O-])OCCOP(=O)([O-])OCC(CO)CNF. The van der Waals surface area contributed by atoms with Gasteiger partial charge in [-0.2, -0.15) is 33.2 Å². The summed E-state index contributed by atoms with van der Waals surface area (Å²) in [5.41, 5.74) is 6.40. The van der Waals surface area contributed by atoms with Crippen molar-refractivity contribution in [2.45, 2.75) is 0 Å². The topological polar surface area (TPSA) is 1100 Å². The lowest BCUT2D eigenvalue weighted by Crippen LogP contribution is -2.28. The van der Waals surface area contributed by atoms with Gasteiger partial charge in [-0.05, 0) is 0 Å². The summed E-state index contributed by atoms with van der Waals surface area (Å²) in [6.07, 6.45) is 0. The van der Waals surface area contributed by atoms with Crippen molar-refractivity contribution in [3.8, 4) is 0 Å². The van der Waals surface area contributed by atoms with Gasteiger partial charge in [0, 0.05) is 81.4 Å². The van der Waals surface area contributed by atoms with Crippen LogP contribution in [0.25, 0.3) is 0 Å². The Morgan fingerprint density at radius 1 is 0.160 bits per heavy atom. The van der Waals surface area contributed by atoms with Crippen LogP contribution in [0.3, 0.4) is 0 Å². The number of aliphatic hydroxyl groups is 1. The number of aliphatic hydroxyl groups excluding tert-OH is 1. The van der Waals surface area contributed by atoms with Crippen LogP contribution < -0.4 is 116 Å². The average molecular weight is 2480 g/mol. The van der Waals surface area contributed by atoms with Crippen molar-refractivity contribution >= 4 is 133 Å². The highest BCUT2D eigenvalue weighted by Gasteiger charge is 2.29. The third-order valence-corrected chi connectivity index (χ3v) is 30.1. The largest absolute Gasteiger partial charge is 0.756 e. The Morgan fingerprint density at radius 3 is 0.333 bits per heavy atom. The van der Waals surface area contributed by atoms with E-state index in [1.54, 1.807) is 0 Å². The zero-order valence-corrected chi connectivity index (χ0v) is 88.1. The predicted octanol–water partition coefficient (Wildman–Crippen LogP) is -8.98. The van der Waals surface area contributed by atoms with Crippen LogP contribution in [0.5, 0.6) is 0 Å². The van der Waals surface area contributed by atoms with Crippen molar-refractivity contribution in [3.63, 3.8) is 0 Å². The van der Waals surface area contributed by atoms with E-state index < -0.39 is 432 Å². The smallest absolute Gasteiger partial charge is 0.268 e. The molecule has 0 radical (unpaired) electrons. The van der Waals surface area contributed by atoms with Gasteiger partial charge in [0.25, 0.3) is 133 Å². The number of nitrogens with one attached hydrogen (secondary N) is 6. The van der Waals surface area contributed by atoms with E-state index in [0.717, 1.165) is 27.7 Å². The summed E-state index contributed by atoms with van der Waals surface area (Å²) in [7, 11) is -92.1. The molecule has 0 amide bonds. The van der Waals surface area contributed by atoms with Crippen molar-refractivity contribution < 1.29 is 347 Å². The second-order valence-corrected chi connectivity index (χ2v) is 49.4. The summed E-state index contributed by atoms with van der Waals surface area (Å²) in [6, 6.07) is 0. The van der Waals surface area contributed by atoms with E-state index in [9.17, 15) is 188 Å². The molecule has 0 saturated carbocycles. The van der Waals surface area contributed by atoms with E-state index in [0.29, 0.717) is 0 Å². The van der Waals surface area contributed by atoms with Crippen molar-refractivity contribution in [1.29, 1.82) is 0 Å². The Kier molecular flexibility index (Phi) is 74.4. The second kappa shape index (κ2) is 73.8. The Balaban J connectivity index is 4.71. The molecule has 0 aliphatic carbocycles. The summed E-state index contributed by atoms with van der Waals surface area (Å²) in [4.78, 5) is 213. The fourth-order valence-corrected chi connectivity index (χ4v) is 19.8. The van der Waals surface area contributed by atoms with Crippen LogP contribution in [-0.4, -0.2) is 274 Å². The summed E-state index contributed by atoms with van der Waals surface area (Å²) in [5.74, 6) is -8.57. The first kappa shape index (κ1) is 145. The molecule has 98 heteroatoms. The first-order valence-electron chi connectivity index (χ1n) is 38.4. The number of phosphoric acid groups is 17. The first-order valence-corrected chi connectivity index (χ1v) is 63.2. The van der Waals surface area contributed by atoms with Gasteiger partial charge in [-0.3, -0.25) is 77.6 Å². The highest BCUT2D eigenvalue weighted by molar-refractivity contribution is 7.50. The molecule has 0 aromatic carbocycles. The Hall–Kier alpha value is 1.17. The maximum Gasteiger partial charge on any atom is 0.268 e. The van der Waals surface area contributed by atoms with Crippen LogP contribution in [0.2, 0.25) is 0 Å². The number of hydrogen-bond donors (Lipinski definition) is 8. The minimum Gasteiger partial charge on any atom is -0.756 e. The summed E-state index contributed by atoms with van der Waals surface area (Å²) in [5, 5.41) is 9.04. The van der Waals surface area contributed by atoms with Gasteiger partial charge in [0.05, 0.1) is 218 Å². The lowest BCUT2D eigenvalue weighted by Gasteiger charge is -2.29. The van der Waals surface area contributed by atoms with E-state index in [4.69, 9.17) is 10.00 Å². The minimum absolute atomic E-state index is 0.503. The molecule has 23 unspecified atom stereocenters. The Labute approximate surface area is 809 Å². The highest BCUT2D eigenvalue weighted by Crippen LogP contribution is 2.51. The van der Waals surface area contributed by atoms with Crippen molar-refractivity contribution in [1.82, 2.24) is 33.2 Å². The summed E-state index contributed by atoms with van der Waals surface area (Å²) >= 11 is 0. The van der Waals surface area contributed by atoms with Gasteiger partial charge in [0.15, 0.2) is 0 Å². The Bertz CT molecular complexity index is 4450. The molecule has 0 heterocycles. The maximum atomic E-state index is 13.1. The molecule has 0 spiro atoms. The molecule has 144 heavy (non-hydrogen) atoms. The van der Waals surface area contributed by atoms with Crippen LogP contribution in [0.1, 0.15) is 0 Å². The van der Waals surface area contributed by atoms with Crippen LogP contribution in [-0.2, 0) is 227 Å². The van der Waals surface area contributed by atoms with Crippen molar-refractivity contribution in [2.24, 2.45) is 35.5 Å². The predicted molar refractivity (Wildman–Crippen MR) is 411 cm³/mol. The van der Waals surface area contributed by atoms with Crippen LogP contribution in [0, 0.1) is 35.5 Å². The molecular formula is C46H94F6N6O69P17-17. The molecule has 0 aromatic rings. The van der Waals surface area contributed by atoms with Gasteiger partial charge in [0.1, 0.15) is 0 Å². The van der Waals surface area contributed by atoms with Gasteiger partial charge in [-0.1, -0.05) is 0 Å². The lowest BCUT2D eigenvalue weighted by atomic mass is 10.2. The molecule has 0 saturated heterocycles. The van der Waals surface area contributed by atoms with Crippen LogP contribution in [0.15, 0.2) is 0 Å². The Morgan fingerprint density at radius 2 is 0.243 bits per heavy atom. The number of rotatable bonds is 101. The molecule has 0 aliphatic rings. The monoisotopic (exact) mass is 2470 g/mol. The summed E-state index contributed by atoms with van der Waals surface area (Å²) in [6.45, 7) is -42.4. The van der Waals surface area contributed by atoms with E-state index in [2.05, 4.69) is 149 Å². The number of halogens is 6. The van der Waals surface area contributed by atoms with Gasteiger partial charge in [-0.25, -0.2) is 0 Å². The minimum atomic E-state index is -5.56. The molecule has 0 bridgehead atoms. The zero-order valence-electron chi connectivity index (χ0n) is 72.9. The summed E-state index contributed by atoms with van der Waals surface area (Å²) < 4.78 is 425. The molecule has 0 aromatic heterocycles. The fourth-order valence-electron chi connectivity index (χ4n) is 7.70. The third kappa shape index (κ3) is 83.5. The lowest BCUT2D eigenvalue weighted by molar-refractivity contribution is -0.239. The zero-order chi connectivity index (χ0) is 110. The van der Waals surface area contributed by atoms with Crippen LogP contribution >= 0.6 is 133 Å². The molecule has 0 aliphatic heterocycles. The van der Waals surface area contributed by atoms with Crippen molar-refractivity contribution in [2.75, 3.05) is 264 Å². The molecule has 0 rings (SSSR count). The number of hydrogen-bond acceptors (Lipinski definition) is 74. The van der Waals surface area contributed by atoms with Gasteiger partial charge >= 0.3 is 0 Å². The molecule has 75 nitrogen and oxygen atoms in total. The fraction of sp³-hybridized carbons (Fsp3) is 1.00. The normalized spacial score (nSPS) is 20.9. The molecule has 866 valence electrons. The van der Waals surface area contributed by atoms with Gasteiger partial charge in [0.2, 0.25) is 0 Å². The molecule has 8 N–H and O–H groups in total. The molecule has 0 fully saturated rings. The van der Waals surface area contributed by atoms with E-state index >= 15 is 0 Å². The van der Waals surface area contributed by atoms with E-state index in [1.165, 1.54) is 5.54 Å². The molecular weight excluding hydrogens is 2380 g/mol. The van der Waals surface area contributed by atoms with Gasteiger partial charge < -0.3 is 242 Å². The third-order valence-electron chi connectivity index (χ3n) is 14.0. The standard InChI is InChI=1S/C46H111F6N6O69P17/c47-53-23-41(29-59)30-118-135(75,76)107-15-16-110-138(81,82)121-35-44(26-56-50)36-123-140(85,86)112-19-20-114-142(89,90)125-39-46(28-58-52)40-127-144(93,94)116-22-21-115-143(91,92)126-38-45(27-57-51)37-124-141(87,88)113-18-17-111-139(83,84)122-34-43(25-55-49)33-120-137(79,80)109-14-12-106-134(73,74)104-10-8-102-132(69,70)100-6-4-98-130(65,66)96-2-1-95-129(63,64)97-3-5-99-131(67,68)101-7-9-103-133(71,72)105-11-13-108-136(77,78)119-32-42(24-54-48)31-117-128(60,61)62/h41-46,53-59H,1-40H2,(H,63,64)(H,65,66)(H,67,68)(H,69,70)(H,71,72)(H,73,74)(H,75,76)(H,77,78)(H,79,80)(H,81,82)(H,83,84)(H,85,86)(H,87,88)(H,89,90)(H,91,92)(H,93,94)(H2,60,61,62)/p-17. The first-order chi connectivity index (χ1) is 66.5. The van der Waals surface area contributed by atoms with E-state index in [1.807, 2.05) is 0 Å². The second-order valence-electron chi connectivity index (χ2n) is 25.6. The van der Waals surface area contributed by atoms with Gasteiger partial charge in [-0.15, -0.1) is 26.9 Å². The quantitative estimate of drug-likeness (QED) is 0.0121. The van der Waals surface area contributed by atoms with Crippen LogP contribution in [0.4, 0.5) is 26.9 Å².